The fourth-order valence-corrected chi connectivity index (χ4v) is 4.15. The zero-order valence-electron chi connectivity index (χ0n) is 18.2. The quantitative estimate of drug-likeness (QED) is 0.382. The van der Waals surface area contributed by atoms with Crippen LogP contribution in [0.2, 0.25) is 5.02 Å². The van der Waals surface area contributed by atoms with Crippen LogP contribution in [0, 0.1) is 6.92 Å². The van der Waals surface area contributed by atoms with Gasteiger partial charge in [0.2, 0.25) is 5.55 Å². The number of carbonyl (C=O) groups excluding carboxylic acids is 1. The largest absolute Gasteiger partial charge is 0.493 e. The van der Waals surface area contributed by atoms with Gasteiger partial charge in [-0.25, -0.2) is 0 Å². The van der Waals surface area contributed by atoms with Gasteiger partial charge in [0.15, 0.2) is 11.3 Å². The van der Waals surface area contributed by atoms with Crippen molar-refractivity contribution in [3.63, 3.8) is 0 Å². The summed E-state index contributed by atoms with van der Waals surface area (Å²) in [7, 11) is -2.57. The maximum atomic E-state index is 13.1. The molecule has 2 N–H and O–H groups in total. The number of benzene rings is 3. The van der Waals surface area contributed by atoms with Crippen molar-refractivity contribution >= 4 is 44.2 Å². The average Bonchev–Trinajstić information content (AvgIpc) is 2.82. The number of hydrogen-bond donors (Lipinski definition) is 2. The van der Waals surface area contributed by atoms with E-state index >= 15 is 0 Å². The number of nitrogens with zero attached hydrogens (tertiary/aromatic N) is 1. The van der Waals surface area contributed by atoms with Crippen molar-refractivity contribution < 1.29 is 22.4 Å². The van der Waals surface area contributed by atoms with Crippen LogP contribution in [0.4, 0.5) is 5.69 Å². The Morgan fingerprint density at radius 3 is 2.47 bits per heavy atom. The summed E-state index contributed by atoms with van der Waals surface area (Å²) in [6.07, 6.45) is 0. The van der Waals surface area contributed by atoms with Crippen molar-refractivity contribution in [2.24, 2.45) is 5.10 Å². The lowest BCUT2D eigenvalue weighted by Crippen LogP contribution is -2.27. The number of sulfonamides is 1. The number of fused-ring (bicyclic) bond motifs is 1. The van der Waals surface area contributed by atoms with Gasteiger partial charge in [-0.2, -0.15) is 13.2 Å². The molecule has 0 spiro atoms. The van der Waals surface area contributed by atoms with Crippen molar-refractivity contribution in [3.8, 4) is 5.75 Å². The maximum absolute atomic E-state index is 13.1. The second-order valence-corrected chi connectivity index (χ2v) is 9.43. The fourth-order valence-electron chi connectivity index (χ4n) is 3.22. The molecule has 8 nitrogen and oxygen atoms in total. The molecule has 34 heavy (non-hydrogen) atoms. The van der Waals surface area contributed by atoms with Crippen LogP contribution in [0.25, 0.3) is 11.0 Å². The van der Waals surface area contributed by atoms with Crippen molar-refractivity contribution in [1.82, 2.24) is 4.83 Å². The Kier molecular flexibility index (Phi) is 6.58. The SMILES string of the molecule is COc1cccc2cc(C(=O)Nc3cccc(C)c3)/c(=N\NS(=O)(=O)c3ccc(Cl)cc3)oc12. The van der Waals surface area contributed by atoms with Gasteiger partial charge in [-0.05, 0) is 61.0 Å². The number of amides is 1. The molecule has 0 saturated heterocycles. The van der Waals surface area contributed by atoms with E-state index in [2.05, 4.69) is 15.2 Å². The van der Waals surface area contributed by atoms with E-state index in [1.807, 2.05) is 19.1 Å². The molecule has 1 amide bonds. The van der Waals surface area contributed by atoms with E-state index in [1.54, 1.807) is 36.4 Å². The Morgan fingerprint density at radius 1 is 1.03 bits per heavy atom. The number of hydrogen-bond acceptors (Lipinski definition) is 6. The molecule has 3 aromatic carbocycles. The van der Waals surface area contributed by atoms with Crippen molar-refractivity contribution in [2.45, 2.75) is 11.8 Å². The summed E-state index contributed by atoms with van der Waals surface area (Å²) >= 11 is 5.84. The van der Waals surface area contributed by atoms with Gasteiger partial charge in [-0.15, -0.1) is 5.10 Å². The number of rotatable bonds is 6. The summed E-state index contributed by atoms with van der Waals surface area (Å²) in [5.74, 6) is -0.122. The number of nitrogens with one attached hydrogen (secondary N) is 2. The minimum atomic E-state index is -4.05. The molecule has 174 valence electrons. The molecule has 4 rings (SSSR count). The molecule has 10 heteroatoms. The number of aryl methyl sites for hydroxylation is 1. The third-order valence-electron chi connectivity index (χ3n) is 4.87. The Bertz CT molecular complexity index is 1550. The summed E-state index contributed by atoms with van der Waals surface area (Å²) in [4.78, 5) is 15.2. The summed E-state index contributed by atoms with van der Waals surface area (Å²) in [6.45, 7) is 1.90. The van der Waals surface area contributed by atoms with Crippen LogP contribution in [0.15, 0.2) is 87.2 Å². The molecule has 4 aromatic rings. The van der Waals surface area contributed by atoms with Gasteiger partial charge >= 0.3 is 0 Å². The van der Waals surface area contributed by atoms with Crippen molar-refractivity contribution in [2.75, 3.05) is 12.4 Å². The highest BCUT2D eigenvalue weighted by Gasteiger charge is 2.17. The minimum Gasteiger partial charge on any atom is -0.493 e. The molecule has 0 aliphatic rings. The monoisotopic (exact) mass is 497 g/mol. The van der Waals surface area contributed by atoms with Crippen molar-refractivity contribution in [1.29, 1.82) is 0 Å². The summed E-state index contributed by atoms with van der Waals surface area (Å²) in [6, 6.07) is 19.6. The van der Waals surface area contributed by atoms with E-state index < -0.39 is 15.9 Å². The summed E-state index contributed by atoms with van der Waals surface area (Å²) < 4.78 is 36.6. The lowest BCUT2D eigenvalue weighted by Gasteiger charge is -2.09. The molecule has 0 aliphatic heterocycles. The highest BCUT2D eigenvalue weighted by atomic mass is 35.5. The van der Waals surface area contributed by atoms with Gasteiger partial charge in [-0.3, -0.25) is 4.79 Å². The lowest BCUT2D eigenvalue weighted by atomic mass is 10.1. The van der Waals surface area contributed by atoms with Crippen LogP contribution >= 0.6 is 11.6 Å². The molecule has 1 heterocycles. The zero-order valence-corrected chi connectivity index (χ0v) is 19.8. The number of ether oxygens (including phenoxy) is 1. The van der Waals surface area contributed by atoms with Gasteiger partial charge in [0.05, 0.1) is 12.0 Å². The van der Waals surface area contributed by atoms with Crippen LogP contribution in [-0.4, -0.2) is 21.4 Å². The molecule has 0 bridgehead atoms. The zero-order chi connectivity index (χ0) is 24.3. The smallest absolute Gasteiger partial charge is 0.276 e. The Morgan fingerprint density at radius 2 is 1.76 bits per heavy atom. The predicted molar refractivity (Wildman–Crippen MR) is 129 cm³/mol. The van der Waals surface area contributed by atoms with Crippen LogP contribution in [-0.2, 0) is 10.0 Å². The normalized spacial score (nSPS) is 11.9. The van der Waals surface area contributed by atoms with Gasteiger partial charge < -0.3 is 14.5 Å². The summed E-state index contributed by atoms with van der Waals surface area (Å²) in [5, 5.41) is 7.68. The first-order valence-electron chi connectivity index (χ1n) is 10.1. The fraction of sp³-hybridized carbons (Fsp3) is 0.0833. The second kappa shape index (κ2) is 9.58. The molecule has 0 atom stereocenters. The number of anilines is 1. The van der Waals surface area contributed by atoms with E-state index in [4.69, 9.17) is 20.8 Å². The number of methoxy groups -OCH3 is 1. The van der Waals surface area contributed by atoms with E-state index in [-0.39, 0.29) is 16.0 Å². The number of para-hydroxylation sites is 1. The van der Waals surface area contributed by atoms with E-state index in [1.165, 1.54) is 31.4 Å². The molecule has 1 aromatic heterocycles. The van der Waals surface area contributed by atoms with Gasteiger partial charge in [-0.1, -0.05) is 35.9 Å². The van der Waals surface area contributed by atoms with Crippen LogP contribution in [0.1, 0.15) is 15.9 Å². The standard InChI is InChI=1S/C24H20ClN3O5S/c1-15-5-3-7-18(13-15)26-23(29)20-14-16-6-4-8-21(32-2)22(16)33-24(20)27-28-34(30,31)19-11-9-17(25)10-12-19/h3-14,28H,1-2H3,(H,26,29)/b27-24+. The predicted octanol–water partition coefficient (Wildman–Crippen LogP) is 4.45. The highest BCUT2D eigenvalue weighted by molar-refractivity contribution is 7.89. The maximum Gasteiger partial charge on any atom is 0.276 e. The van der Waals surface area contributed by atoms with Gasteiger partial charge in [0, 0.05) is 16.1 Å². The van der Waals surface area contributed by atoms with Crippen molar-refractivity contribution in [3.05, 3.63) is 94.5 Å². The summed E-state index contributed by atoms with van der Waals surface area (Å²) in [5.41, 5.74) is 1.64. The topological polar surface area (TPSA) is 110 Å². The second-order valence-electron chi connectivity index (χ2n) is 7.33. The lowest BCUT2D eigenvalue weighted by molar-refractivity contribution is 0.102. The third kappa shape index (κ3) is 5.05. The Labute approximate surface area is 200 Å². The van der Waals surface area contributed by atoms with E-state index in [9.17, 15) is 13.2 Å². The van der Waals surface area contributed by atoms with E-state index in [0.717, 1.165) is 5.56 Å². The first kappa shape index (κ1) is 23.3. The number of carbonyl (C=O) groups is 1. The first-order valence-corrected chi connectivity index (χ1v) is 11.9. The molecule has 0 saturated carbocycles. The molecular weight excluding hydrogens is 478 g/mol. The molecule has 0 fully saturated rings. The molecule has 0 aliphatic carbocycles. The van der Waals surface area contributed by atoms with Gasteiger partial charge in [0.25, 0.3) is 15.9 Å². The van der Waals surface area contributed by atoms with Crippen LogP contribution < -0.4 is 20.4 Å². The molecule has 0 radical (unpaired) electrons. The minimum absolute atomic E-state index is 0.0288. The first-order chi connectivity index (χ1) is 16.3. The van der Waals surface area contributed by atoms with Gasteiger partial charge in [0.1, 0.15) is 5.56 Å². The van der Waals surface area contributed by atoms with Crippen LogP contribution in [0.3, 0.4) is 0 Å². The molecular formula is C24H20ClN3O5S. The van der Waals surface area contributed by atoms with Crippen LogP contribution in [0.5, 0.6) is 5.75 Å². The highest BCUT2D eigenvalue weighted by Crippen LogP contribution is 2.25. The Balaban J connectivity index is 1.80. The number of halogens is 1. The van der Waals surface area contributed by atoms with E-state index in [0.29, 0.717) is 27.4 Å². The molecule has 0 unspecified atom stereocenters. The Hall–Kier alpha value is -3.82. The third-order valence-corrected chi connectivity index (χ3v) is 6.35. The average molecular weight is 498 g/mol.